The van der Waals surface area contributed by atoms with Gasteiger partial charge in [0.05, 0.1) is 5.41 Å². The first-order valence-corrected chi connectivity index (χ1v) is 6.79. The lowest BCUT2D eigenvalue weighted by Gasteiger charge is -2.20. The Morgan fingerprint density at radius 1 is 1.30 bits per heavy atom. The van der Waals surface area contributed by atoms with Crippen molar-refractivity contribution in [3.63, 3.8) is 0 Å². The number of amides is 3. The number of benzene rings is 1. The molecule has 1 aromatic rings. The molecule has 3 amide bonds. The first-order chi connectivity index (χ1) is 9.40. The highest BCUT2D eigenvalue weighted by Gasteiger charge is 2.39. The highest BCUT2D eigenvalue weighted by molar-refractivity contribution is 5.81. The minimum atomic E-state index is -0.736. The molecule has 0 radical (unpaired) electrons. The SMILES string of the molecule is CC(C)(CNC(=O)N[C@@H]1C[C@H]1c1ccccc1)C(N)=O. The van der Waals surface area contributed by atoms with Gasteiger partial charge < -0.3 is 16.4 Å². The third kappa shape index (κ3) is 3.50. The van der Waals surface area contributed by atoms with Crippen molar-refractivity contribution < 1.29 is 9.59 Å². The molecule has 1 aromatic carbocycles. The molecule has 0 bridgehead atoms. The lowest BCUT2D eigenvalue weighted by molar-refractivity contribution is -0.125. The van der Waals surface area contributed by atoms with Crippen LogP contribution in [0.4, 0.5) is 4.79 Å². The van der Waals surface area contributed by atoms with E-state index in [1.165, 1.54) is 5.56 Å². The van der Waals surface area contributed by atoms with Gasteiger partial charge in [0.2, 0.25) is 5.91 Å². The van der Waals surface area contributed by atoms with Gasteiger partial charge in [-0.1, -0.05) is 30.3 Å². The van der Waals surface area contributed by atoms with E-state index in [0.29, 0.717) is 5.92 Å². The first kappa shape index (κ1) is 14.4. The number of nitrogens with one attached hydrogen (secondary N) is 2. The van der Waals surface area contributed by atoms with E-state index in [0.717, 1.165) is 6.42 Å². The van der Waals surface area contributed by atoms with Crippen LogP contribution in [0.5, 0.6) is 0 Å². The molecule has 1 saturated carbocycles. The van der Waals surface area contributed by atoms with E-state index in [9.17, 15) is 9.59 Å². The fourth-order valence-corrected chi connectivity index (χ4v) is 2.03. The van der Waals surface area contributed by atoms with Crippen LogP contribution in [-0.4, -0.2) is 24.5 Å². The third-order valence-corrected chi connectivity index (χ3v) is 3.69. The zero-order valence-electron chi connectivity index (χ0n) is 11.8. The number of primary amides is 1. The molecule has 2 rings (SSSR count). The molecule has 0 unspecified atom stereocenters. The van der Waals surface area contributed by atoms with Gasteiger partial charge in [-0.05, 0) is 25.8 Å². The van der Waals surface area contributed by atoms with Crippen LogP contribution in [0.15, 0.2) is 30.3 Å². The van der Waals surface area contributed by atoms with Gasteiger partial charge in [0.25, 0.3) is 0 Å². The lowest BCUT2D eigenvalue weighted by atomic mass is 9.93. The second-order valence-electron chi connectivity index (χ2n) is 5.93. The standard InChI is InChI=1S/C15H21N3O2/c1-15(2,13(16)19)9-17-14(20)18-12-8-11(12)10-6-4-3-5-7-10/h3-7,11-12H,8-9H2,1-2H3,(H2,16,19)(H2,17,18,20)/t11-,12+/m0/s1. The van der Waals surface area contributed by atoms with Crippen molar-refractivity contribution >= 4 is 11.9 Å². The van der Waals surface area contributed by atoms with Crippen molar-refractivity contribution in [2.24, 2.45) is 11.1 Å². The van der Waals surface area contributed by atoms with E-state index in [2.05, 4.69) is 22.8 Å². The fraction of sp³-hybridized carbons (Fsp3) is 0.467. The number of hydrogen-bond acceptors (Lipinski definition) is 2. The van der Waals surface area contributed by atoms with Crippen LogP contribution in [0.3, 0.4) is 0 Å². The van der Waals surface area contributed by atoms with Gasteiger partial charge in [-0.15, -0.1) is 0 Å². The maximum atomic E-state index is 11.8. The Kier molecular flexibility index (Phi) is 3.97. The van der Waals surface area contributed by atoms with Crippen LogP contribution in [0, 0.1) is 5.41 Å². The highest BCUT2D eigenvalue weighted by Crippen LogP contribution is 2.40. The number of nitrogens with two attached hydrogens (primary N) is 1. The molecule has 5 nitrogen and oxygen atoms in total. The molecule has 4 N–H and O–H groups in total. The highest BCUT2D eigenvalue weighted by atomic mass is 16.2. The topological polar surface area (TPSA) is 84.2 Å². The molecule has 1 aliphatic rings. The van der Waals surface area contributed by atoms with Gasteiger partial charge in [0.15, 0.2) is 0 Å². The Labute approximate surface area is 118 Å². The van der Waals surface area contributed by atoms with Crippen molar-refractivity contribution in [1.29, 1.82) is 0 Å². The predicted octanol–water partition coefficient (Wildman–Crippen LogP) is 1.35. The summed E-state index contributed by atoms with van der Waals surface area (Å²) in [4.78, 5) is 22.9. The zero-order chi connectivity index (χ0) is 14.8. The maximum Gasteiger partial charge on any atom is 0.315 e. The van der Waals surface area contributed by atoms with E-state index in [1.807, 2.05) is 18.2 Å². The van der Waals surface area contributed by atoms with Crippen LogP contribution >= 0.6 is 0 Å². The van der Waals surface area contributed by atoms with Gasteiger partial charge in [0, 0.05) is 18.5 Å². The minimum absolute atomic E-state index is 0.175. The second-order valence-corrected chi connectivity index (χ2v) is 5.93. The van der Waals surface area contributed by atoms with Gasteiger partial charge in [-0.3, -0.25) is 4.79 Å². The zero-order valence-corrected chi connectivity index (χ0v) is 11.8. The Morgan fingerprint density at radius 2 is 1.95 bits per heavy atom. The number of carbonyl (C=O) groups excluding carboxylic acids is 2. The molecule has 0 heterocycles. The molecular weight excluding hydrogens is 254 g/mol. The molecule has 0 aromatic heterocycles. The van der Waals surface area contributed by atoms with Crippen molar-refractivity contribution in [3.8, 4) is 0 Å². The molecule has 0 saturated heterocycles. The van der Waals surface area contributed by atoms with E-state index in [-0.39, 0.29) is 18.6 Å². The summed E-state index contributed by atoms with van der Waals surface area (Å²) in [7, 11) is 0. The second kappa shape index (κ2) is 5.53. The third-order valence-electron chi connectivity index (χ3n) is 3.69. The molecule has 5 heteroatoms. The normalized spacial score (nSPS) is 21.1. The fourth-order valence-electron chi connectivity index (χ4n) is 2.03. The molecule has 108 valence electrons. The van der Waals surface area contributed by atoms with E-state index >= 15 is 0 Å². The van der Waals surface area contributed by atoms with E-state index in [4.69, 9.17) is 5.73 Å². The summed E-state index contributed by atoms with van der Waals surface area (Å²) in [5.74, 6) is -0.0301. The largest absolute Gasteiger partial charge is 0.369 e. The number of urea groups is 1. The van der Waals surface area contributed by atoms with Crippen molar-refractivity contribution in [2.75, 3.05) is 6.54 Å². The maximum absolute atomic E-state index is 11.8. The first-order valence-electron chi connectivity index (χ1n) is 6.79. The van der Waals surface area contributed by atoms with Gasteiger partial charge in [-0.25, -0.2) is 4.79 Å². The summed E-state index contributed by atoms with van der Waals surface area (Å²) < 4.78 is 0. The predicted molar refractivity (Wildman–Crippen MR) is 77.1 cm³/mol. The van der Waals surface area contributed by atoms with E-state index in [1.54, 1.807) is 13.8 Å². The van der Waals surface area contributed by atoms with Crippen LogP contribution in [0.25, 0.3) is 0 Å². The molecular formula is C15H21N3O2. The molecule has 0 aliphatic heterocycles. The average Bonchev–Trinajstić information content (AvgIpc) is 3.16. The van der Waals surface area contributed by atoms with Crippen LogP contribution in [0.2, 0.25) is 0 Å². The van der Waals surface area contributed by atoms with Crippen LogP contribution in [-0.2, 0) is 4.79 Å². The average molecular weight is 275 g/mol. The molecule has 1 fully saturated rings. The summed E-state index contributed by atoms with van der Waals surface area (Å²) in [5, 5.41) is 5.61. The molecule has 1 aliphatic carbocycles. The van der Waals surface area contributed by atoms with Crippen LogP contribution < -0.4 is 16.4 Å². The summed E-state index contributed by atoms with van der Waals surface area (Å²) in [6.07, 6.45) is 0.955. The Bertz CT molecular complexity index is 499. The number of carbonyl (C=O) groups is 2. The van der Waals surface area contributed by atoms with Crippen LogP contribution in [0.1, 0.15) is 31.7 Å². The quantitative estimate of drug-likeness (QED) is 0.758. The summed E-state index contributed by atoms with van der Waals surface area (Å²) in [6.45, 7) is 3.65. The van der Waals surface area contributed by atoms with Crippen molar-refractivity contribution in [3.05, 3.63) is 35.9 Å². The lowest BCUT2D eigenvalue weighted by Crippen LogP contribution is -2.46. The monoisotopic (exact) mass is 275 g/mol. The number of rotatable bonds is 5. The Hall–Kier alpha value is -2.04. The number of hydrogen-bond donors (Lipinski definition) is 3. The van der Waals surface area contributed by atoms with Crippen molar-refractivity contribution in [2.45, 2.75) is 32.2 Å². The van der Waals surface area contributed by atoms with Crippen molar-refractivity contribution in [1.82, 2.24) is 10.6 Å². The summed E-state index contributed by atoms with van der Waals surface area (Å²) >= 11 is 0. The summed E-state index contributed by atoms with van der Waals surface area (Å²) in [5.41, 5.74) is 5.77. The molecule has 2 atom stereocenters. The van der Waals surface area contributed by atoms with E-state index < -0.39 is 11.3 Å². The smallest absolute Gasteiger partial charge is 0.315 e. The minimum Gasteiger partial charge on any atom is -0.369 e. The Morgan fingerprint density at radius 3 is 2.55 bits per heavy atom. The molecule has 20 heavy (non-hydrogen) atoms. The molecule has 0 spiro atoms. The summed E-state index contributed by atoms with van der Waals surface area (Å²) in [6, 6.07) is 10.0. The Balaban J connectivity index is 1.76. The van der Waals surface area contributed by atoms with Gasteiger partial charge >= 0.3 is 6.03 Å². The van der Waals surface area contributed by atoms with Gasteiger partial charge in [0.1, 0.15) is 0 Å². The van der Waals surface area contributed by atoms with Gasteiger partial charge in [-0.2, -0.15) is 0 Å².